The number of aryl methyl sites for hydroxylation is 1. The number of carbonyl (C=O) groups is 1. The molecule has 0 spiro atoms. The Labute approximate surface area is 126 Å². The van der Waals surface area contributed by atoms with Crippen LogP contribution in [-0.4, -0.2) is 11.1 Å². The van der Waals surface area contributed by atoms with Crippen LogP contribution in [-0.2, 0) is 13.0 Å². The highest BCUT2D eigenvalue weighted by atomic mass is 35.5. The summed E-state index contributed by atoms with van der Waals surface area (Å²) in [6.45, 7) is 1.95. The number of ether oxygens (including phenoxy) is 1. The predicted molar refractivity (Wildman–Crippen MR) is 78.5 cm³/mol. The minimum Gasteiger partial charge on any atom is -0.489 e. The molecule has 0 bridgehead atoms. The Hall–Kier alpha value is -2.07. The van der Waals surface area contributed by atoms with Crippen LogP contribution in [0.2, 0.25) is 5.02 Å². The Morgan fingerprint density at radius 1 is 1.24 bits per heavy atom. The van der Waals surface area contributed by atoms with E-state index in [2.05, 4.69) is 0 Å². The van der Waals surface area contributed by atoms with Gasteiger partial charge in [0.25, 0.3) is 0 Å². The molecule has 2 aromatic rings. The van der Waals surface area contributed by atoms with Crippen LogP contribution in [0.4, 0.5) is 4.39 Å². The van der Waals surface area contributed by atoms with Crippen molar-refractivity contribution in [2.75, 3.05) is 0 Å². The van der Waals surface area contributed by atoms with Crippen LogP contribution in [0.3, 0.4) is 0 Å². The first-order valence-electron chi connectivity index (χ1n) is 6.44. The molecule has 5 heteroatoms. The molecule has 0 aliphatic heterocycles. The van der Waals surface area contributed by atoms with Crippen molar-refractivity contribution in [2.24, 2.45) is 0 Å². The summed E-state index contributed by atoms with van der Waals surface area (Å²) < 4.78 is 18.8. The lowest BCUT2D eigenvalue weighted by atomic mass is 10.1. The van der Waals surface area contributed by atoms with Crippen molar-refractivity contribution < 1.29 is 19.0 Å². The lowest BCUT2D eigenvalue weighted by Crippen LogP contribution is -2.06. The van der Waals surface area contributed by atoms with E-state index in [1.807, 2.05) is 6.92 Å². The molecule has 0 unspecified atom stereocenters. The van der Waals surface area contributed by atoms with Gasteiger partial charge in [-0.1, -0.05) is 18.5 Å². The van der Waals surface area contributed by atoms with Gasteiger partial charge in [-0.25, -0.2) is 9.18 Å². The van der Waals surface area contributed by atoms with E-state index in [-0.39, 0.29) is 17.7 Å². The summed E-state index contributed by atoms with van der Waals surface area (Å²) in [5.41, 5.74) is 1.25. The van der Waals surface area contributed by atoms with Gasteiger partial charge in [0.05, 0.1) is 5.56 Å². The molecule has 2 rings (SSSR count). The molecule has 0 aliphatic rings. The fourth-order valence-electron chi connectivity index (χ4n) is 1.96. The average Bonchev–Trinajstić information content (AvgIpc) is 2.46. The zero-order valence-electron chi connectivity index (χ0n) is 11.4. The van der Waals surface area contributed by atoms with Crippen LogP contribution in [0, 0.1) is 5.82 Å². The van der Waals surface area contributed by atoms with Crippen molar-refractivity contribution in [3.8, 4) is 5.75 Å². The van der Waals surface area contributed by atoms with Gasteiger partial charge in [-0.15, -0.1) is 0 Å². The largest absolute Gasteiger partial charge is 0.489 e. The molecule has 3 nitrogen and oxygen atoms in total. The third-order valence-electron chi connectivity index (χ3n) is 3.09. The van der Waals surface area contributed by atoms with Crippen LogP contribution >= 0.6 is 11.6 Å². The van der Waals surface area contributed by atoms with Gasteiger partial charge in [0.2, 0.25) is 0 Å². The molecule has 0 saturated heterocycles. The fourth-order valence-corrected chi connectivity index (χ4v) is 2.21. The highest BCUT2D eigenvalue weighted by Gasteiger charge is 2.12. The summed E-state index contributed by atoms with van der Waals surface area (Å²) in [7, 11) is 0. The Kier molecular flexibility index (Phi) is 4.81. The maximum atomic E-state index is 13.2. The summed E-state index contributed by atoms with van der Waals surface area (Å²) in [6, 6.07) is 8.73. The zero-order chi connectivity index (χ0) is 15.4. The molecule has 0 atom stereocenters. The number of hydrogen-bond donors (Lipinski definition) is 1. The topological polar surface area (TPSA) is 46.5 Å². The van der Waals surface area contributed by atoms with E-state index >= 15 is 0 Å². The van der Waals surface area contributed by atoms with E-state index < -0.39 is 11.8 Å². The smallest absolute Gasteiger partial charge is 0.336 e. The number of rotatable bonds is 5. The first-order chi connectivity index (χ1) is 10.0. The molecule has 0 fully saturated rings. The van der Waals surface area contributed by atoms with Crippen molar-refractivity contribution in [3.05, 3.63) is 63.9 Å². The molecule has 0 heterocycles. The number of carboxylic acid groups (broad SMARTS) is 1. The highest BCUT2D eigenvalue weighted by Crippen LogP contribution is 2.23. The van der Waals surface area contributed by atoms with Crippen molar-refractivity contribution in [2.45, 2.75) is 20.0 Å². The molecular formula is C16H14ClFO3. The van der Waals surface area contributed by atoms with Gasteiger partial charge in [-0.3, -0.25) is 0 Å². The van der Waals surface area contributed by atoms with E-state index in [1.165, 1.54) is 12.1 Å². The minimum absolute atomic E-state index is 0.0236. The van der Waals surface area contributed by atoms with Crippen LogP contribution < -0.4 is 4.74 Å². The van der Waals surface area contributed by atoms with Crippen LogP contribution in [0.25, 0.3) is 0 Å². The van der Waals surface area contributed by atoms with Crippen LogP contribution in [0.5, 0.6) is 5.75 Å². The van der Waals surface area contributed by atoms with E-state index in [0.29, 0.717) is 10.8 Å². The Balaban J connectivity index is 2.20. The predicted octanol–water partition coefficient (Wildman–Crippen LogP) is 4.32. The van der Waals surface area contributed by atoms with Gasteiger partial charge >= 0.3 is 5.97 Å². The van der Waals surface area contributed by atoms with Gasteiger partial charge in [0, 0.05) is 10.6 Å². The van der Waals surface area contributed by atoms with E-state index in [0.717, 1.165) is 18.1 Å². The van der Waals surface area contributed by atoms with Crippen LogP contribution in [0.1, 0.15) is 28.4 Å². The Morgan fingerprint density at radius 3 is 2.67 bits per heavy atom. The van der Waals surface area contributed by atoms with Crippen LogP contribution in [0.15, 0.2) is 36.4 Å². The standard InChI is InChI=1S/C16H14ClFO3/c1-2-10-8-13(4-6-15(10)17)21-9-11-7-12(18)3-5-14(11)16(19)20/h3-8H,2,9H2,1H3,(H,19,20). The van der Waals surface area contributed by atoms with Crippen molar-refractivity contribution in [1.29, 1.82) is 0 Å². The fraction of sp³-hybridized carbons (Fsp3) is 0.188. The highest BCUT2D eigenvalue weighted by molar-refractivity contribution is 6.31. The quantitative estimate of drug-likeness (QED) is 0.895. The first-order valence-corrected chi connectivity index (χ1v) is 6.82. The van der Waals surface area contributed by atoms with Gasteiger partial charge in [-0.2, -0.15) is 0 Å². The van der Waals surface area contributed by atoms with Gasteiger partial charge < -0.3 is 9.84 Å². The molecule has 2 aromatic carbocycles. The number of aromatic carboxylic acids is 1. The molecule has 21 heavy (non-hydrogen) atoms. The minimum atomic E-state index is -1.11. The van der Waals surface area contributed by atoms with Gasteiger partial charge in [0.15, 0.2) is 0 Å². The van der Waals surface area contributed by atoms with Crippen molar-refractivity contribution in [1.82, 2.24) is 0 Å². The summed E-state index contributed by atoms with van der Waals surface area (Å²) >= 11 is 6.02. The van der Waals surface area contributed by atoms with E-state index in [9.17, 15) is 9.18 Å². The SMILES string of the molecule is CCc1cc(OCc2cc(F)ccc2C(=O)O)ccc1Cl. The van der Waals surface area contributed by atoms with Gasteiger partial charge in [-0.05, 0) is 48.4 Å². The lowest BCUT2D eigenvalue weighted by molar-refractivity contribution is 0.0694. The normalized spacial score (nSPS) is 10.4. The maximum Gasteiger partial charge on any atom is 0.336 e. The molecule has 1 N–H and O–H groups in total. The Morgan fingerprint density at radius 2 is 2.00 bits per heavy atom. The molecule has 0 aliphatic carbocycles. The first kappa shape index (κ1) is 15.3. The van der Waals surface area contributed by atoms with E-state index in [1.54, 1.807) is 18.2 Å². The number of hydrogen-bond acceptors (Lipinski definition) is 2. The third-order valence-corrected chi connectivity index (χ3v) is 3.46. The Bertz CT molecular complexity index is 671. The van der Waals surface area contributed by atoms with Crippen molar-refractivity contribution >= 4 is 17.6 Å². The summed E-state index contributed by atoms with van der Waals surface area (Å²) in [6.07, 6.45) is 0.760. The maximum absolute atomic E-state index is 13.2. The summed E-state index contributed by atoms with van der Waals surface area (Å²) in [4.78, 5) is 11.1. The summed E-state index contributed by atoms with van der Waals surface area (Å²) in [5.74, 6) is -1.04. The van der Waals surface area contributed by atoms with E-state index in [4.69, 9.17) is 21.4 Å². The second kappa shape index (κ2) is 6.59. The van der Waals surface area contributed by atoms with Crippen molar-refractivity contribution in [3.63, 3.8) is 0 Å². The summed E-state index contributed by atoms with van der Waals surface area (Å²) in [5, 5.41) is 9.73. The number of halogens is 2. The molecule has 0 radical (unpaired) electrons. The third kappa shape index (κ3) is 3.73. The second-order valence-corrected chi connectivity index (χ2v) is 4.91. The molecule has 0 saturated carbocycles. The average molecular weight is 309 g/mol. The molecule has 0 aromatic heterocycles. The number of carboxylic acids is 1. The van der Waals surface area contributed by atoms with Gasteiger partial charge in [0.1, 0.15) is 18.2 Å². The zero-order valence-corrected chi connectivity index (χ0v) is 12.2. The molecule has 110 valence electrons. The molecular weight excluding hydrogens is 295 g/mol. The molecule has 0 amide bonds. The number of benzene rings is 2. The lowest BCUT2D eigenvalue weighted by Gasteiger charge is -2.10. The second-order valence-electron chi connectivity index (χ2n) is 4.50. The monoisotopic (exact) mass is 308 g/mol.